The van der Waals surface area contributed by atoms with Crippen molar-refractivity contribution in [2.24, 2.45) is 10.2 Å². The molecule has 0 saturated heterocycles. The molecule has 7 nitrogen and oxygen atoms in total. The highest BCUT2D eigenvalue weighted by molar-refractivity contribution is 5.94. The van der Waals surface area contributed by atoms with Gasteiger partial charge in [-0.25, -0.2) is 0 Å². The predicted octanol–water partition coefficient (Wildman–Crippen LogP) is 3.45. The number of nitrogens with one attached hydrogen (secondary N) is 1. The fraction of sp³-hybridized carbons (Fsp3) is 0.222. The standard InChI is InChI=1S/C18H20N4O3/c1-22(2)16(18(24)25)12-17(23)19-13-8-10-15(11-9-13)21-20-14-6-4-3-5-7-14/h3-11,16H,12H2,1-2H3,(H,19,23)(H,24,25). The Kier molecular flexibility index (Phi) is 6.36. The lowest BCUT2D eigenvalue weighted by Crippen LogP contribution is -2.38. The Morgan fingerprint density at radius 3 is 2.08 bits per heavy atom. The van der Waals surface area contributed by atoms with E-state index in [0.717, 1.165) is 5.69 Å². The molecule has 1 amide bonds. The summed E-state index contributed by atoms with van der Waals surface area (Å²) in [7, 11) is 3.25. The van der Waals surface area contributed by atoms with Crippen LogP contribution in [0.15, 0.2) is 64.8 Å². The van der Waals surface area contributed by atoms with Gasteiger partial charge in [0.15, 0.2) is 0 Å². The summed E-state index contributed by atoms with van der Waals surface area (Å²) in [6, 6.07) is 15.3. The van der Waals surface area contributed by atoms with Crippen LogP contribution >= 0.6 is 0 Å². The van der Waals surface area contributed by atoms with E-state index < -0.39 is 12.0 Å². The molecule has 1 atom stereocenters. The number of carboxylic acid groups (broad SMARTS) is 1. The van der Waals surface area contributed by atoms with Crippen molar-refractivity contribution in [3.63, 3.8) is 0 Å². The average molecular weight is 340 g/mol. The molecule has 0 bridgehead atoms. The summed E-state index contributed by atoms with van der Waals surface area (Å²) >= 11 is 0. The van der Waals surface area contributed by atoms with E-state index in [1.807, 2.05) is 30.3 Å². The minimum Gasteiger partial charge on any atom is -0.480 e. The quantitative estimate of drug-likeness (QED) is 0.755. The topological polar surface area (TPSA) is 94.4 Å². The second-order valence-electron chi connectivity index (χ2n) is 5.65. The molecule has 2 aromatic carbocycles. The van der Waals surface area contributed by atoms with Crippen molar-refractivity contribution in [1.82, 2.24) is 4.90 Å². The summed E-state index contributed by atoms with van der Waals surface area (Å²) in [6.07, 6.45) is -0.127. The molecule has 2 rings (SSSR count). The van der Waals surface area contributed by atoms with E-state index >= 15 is 0 Å². The second kappa shape index (κ2) is 8.70. The number of benzene rings is 2. The number of hydrogen-bond donors (Lipinski definition) is 2. The van der Waals surface area contributed by atoms with Gasteiger partial charge in [-0.1, -0.05) is 18.2 Å². The van der Waals surface area contributed by atoms with Crippen LogP contribution in [-0.2, 0) is 9.59 Å². The van der Waals surface area contributed by atoms with E-state index in [1.54, 1.807) is 38.4 Å². The fourth-order valence-corrected chi connectivity index (χ4v) is 2.10. The first kappa shape index (κ1) is 18.3. The summed E-state index contributed by atoms with van der Waals surface area (Å²) < 4.78 is 0. The van der Waals surface area contributed by atoms with Crippen LogP contribution in [-0.4, -0.2) is 42.0 Å². The zero-order valence-corrected chi connectivity index (χ0v) is 14.1. The Morgan fingerprint density at radius 2 is 1.56 bits per heavy atom. The third-order valence-electron chi connectivity index (χ3n) is 3.48. The molecule has 25 heavy (non-hydrogen) atoms. The van der Waals surface area contributed by atoms with E-state index in [0.29, 0.717) is 11.4 Å². The number of nitrogens with zero attached hydrogens (tertiary/aromatic N) is 3. The van der Waals surface area contributed by atoms with Crippen LogP contribution in [0.5, 0.6) is 0 Å². The highest BCUT2D eigenvalue weighted by Crippen LogP contribution is 2.20. The van der Waals surface area contributed by atoms with Gasteiger partial charge in [-0.05, 0) is 50.5 Å². The number of amides is 1. The van der Waals surface area contributed by atoms with Crippen LogP contribution < -0.4 is 5.32 Å². The number of carboxylic acids is 1. The summed E-state index contributed by atoms with van der Waals surface area (Å²) in [5.74, 6) is -1.39. The Balaban J connectivity index is 1.94. The Labute approximate surface area is 146 Å². The van der Waals surface area contributed by atoms with Gasteiger partial charge in [0.05, 0.1) is 17.8 Å². The molecule has 0 heterocycles. The largest absolute Gasteiger partial charge is 0.480 e. The van der Waals surface area contributed by atoms with Gasteiger partial charge in [0.1, 0.15) is 6.04 Å². The molecule has 0 aliphatic carbocycles. The third-order valence-corrected chi connectivity index (χ3v) is 3.48. The fourth-order valence-electron chi connectivity index (χ4n) is 2.10. The molecule has 130 valence electrons. The number of carbonyl (C=O) groups excluding carboxylic acids is 1. The van der Waals surface area contributed by atoms with Crippen molar-refractivity contribution in [2.75, 3.05) is 19.4 Å². The molecule has 0 aromatic heterocycles. The number of azo groups is 1. The van der Waals surface area contributed by atoms with Gasteiger partial charge in [0.2, 0.25) is 5.91 Å². The van der Waals surface area contributed by atoms with Gasteiger partial charge in [-0.2, -0.15) is 10.2 Å². The first-order valence-corrected chi connectivity index (χ1v) is 7.71. The molecular formula is C18H20N4O3. The third kappa shape index (κ3) is 5.82. The molecule has 0 aliphatic heterocycles. The van der Waals surface area contributed by atoms with E-state index in [4.69, 9.17) is 5.11 Å². The van der Waals surface area contributed by atoms with Gasteiger partial charge in [-0.3, -0.25) is 14.5 Å². The van der Waals surface area contributed by atoms with Gasteiger partial charge < -0.3 is 10.4 Å². The number of likely N-dealkylation sites (N-methyl/N-ethyl adjacent to an activating group) is 1. The van der Waals surface area contributed by atoms with Gasteiger partial charge in [0.25, 0.3) is 0 Å². The predicted molar refractivity (Wildman–Crippen MR) is 95.4 cm³/mol. The number of carbonyl (C=O) groups is 2. The summed E-state index contributed by atoms with van der Waals surface area (Å²) in [5.41, 5.74) is 1.98. The van der Waals surface area contributed by atoms with Crippen LogP contribution in [0.2, 0.25) is 0 Å². The second-order valence-corrected chi connectivity index (χ2v) is 5.65. The number of rotatable bonds is 7. The monoisotopic (exact) mass is 340 g/mol. The molecule has 0 radical (unpaired) electrons. The van der Waals surface area contributed by atoms with Crippen molar-refractivity contribution >= 4 is 28.9 Å². The lowest BCUT2D eigenvalue weighted by Gasteiger charge is -2.19. The number of hydrogen-bond acceptors (Lipinski definition) is 5. The summed E-state index contributed by atoms with van der Waals surface area (Å²) in [5, 5.41) is 20.0. The summed E-state index contributed by atoms with van der Waals surface area (Å²) in [6.45, 7) is 0. The molecule has 1 unspecified atom stereocenters. The van der Waals surface area contributed by atoms with Crippen molar-refractivity contribution in [2.45, 2.75) is 12.5 Å². The van der Waals surface area contributed by atoms with Crippen LogP contribution in [0, 0.1) is 0 Å². The highest BCUT2D eigenvalue weighted by Gasteiger charge is 2.23. The molecule has 0 aliphatic rings. The van der Waals surface area contributed by atoms with Gasteiger partial charge >= 0.3 is 5.97 Å². The molecular weight excluding hydrogens is 320 g/mol. The zero-order valence-electron chi connectivity index (χ0n) is 14.1. The summed E-state index contributed by atoms with van der Waals surface area (Å²) in [4.78, 5) is 24.6. The molecule has 0 saturated carbocycles. The Morgan fingerprint density at radius 1 is 1.00 bits per heavy atom. The average Bonchev–Trinajstić information content (AvgIpc) is 2.59. The molecule has 0 fully saturated rings. The van der Waals surface area contributed by atoms with Crippen molar-refractivity contribution < 1.29 is 14.7 Å². The molecule has 0 spiro atoms. The zero-order chi connectivity index (χ0) is 18.2. The van der Waals surface area contributed by atoms with Crippen LogP contribution in [0.25, 0.3) is 0 Å². The first-order chi connectivity index (χ1) is 12.0. The van der Waals surface area contributed by atoms with Gasteiger partial charge in [0, 0.05) is 5.69 Å². The highest BCUT2D eigenvalue weighted by atomic mass is 16.4. The van der Waals surface area contributed by atoms with Crippen LogP contribution in [0.4, 0.5) is 17.1 Å². The minimum absolute atomic E-state index is 0.127. The first-order valence-electron chi connectivity index (χ1n) is 7.71. The van der Waals surface area contributed by atoms with E-state index in [1.165, 1.54) is 4.90 Å². The van der Waals surface area contributed by atoms with E-state index in [2.05, 4.69) is 15.5 Å². The van der Waals surface area contributed by atoms with E-state index in [-0.39, 0.29) is 12.3 Å². The van der Waals surface area contributed by atoms with Crippen LogP contribution in [0.1, 0.15) is 6.42 Å². The Bertz CT molecular complexity index is 743. The maximum atomic E-state index is 12.0. The maximum absolute atomic E-state index is 12.0. The number of anilines is 1. The van der Waals surface area contributed by atoms with Crippen molar-refractivity contribution in [1.29, 1.82) is 0 Å². The molecule has 2 aromatic rings. The van der Waals surface area contributed by atoms with E-state index in [9.17, 15) is 9.59 Å². The van der Waals surface area contributed by atoms with Crippen molar-refractivity contribution in [3.05, 3.63) is 54.6 Å². The lowest BCUT2D eigenvalue weighted by atomic mass is 10.2. The van der Waals surface area contributed by atoms with Crippen LogP contribution in [0.3, 0.4) is 0 Å². The van der Waals surface area contributed by atoms with Gasteiger partial charge in [-0.15, -0.1) is 0 Å². The molecule has 7 heteroatoms. The van der Waals surface area contributed by atoms with Crippen molar-refractivity contribution in [3.8, 4) is 0 Å². The number of aliphatic carboxylic acids is 1. The smallest absolute Gasteiger partial charge is 0.321 e. The Hall–Kier alpha value is -3.06. The maximum Gasteiger partial charge on any atom is 0.321 e. The lowest BCUT2D eigenvalue weighted by molar-refractivity contribution is -0.144. The molecule has 2 N–H and O–H groups in total. The SMILES string of the molecule is CN(C)C(CC(=O)Nc1ccc(N=Nc2ccccc2)cc1)C(=O)O. The minimum atomic E-state index is -1.03. The normalized spacial score (nSPS) is 12.3.